The highest BCUT2D eigenvalue weighted by Crippen LogP contribution is 2.22. The van der Waals surface area contributed by atoms with Crippen LogP contribution in [-0.2, 0) is 6.61 Å². The molecule has 0 aliphatic carbocycles. The molecule has 0 saturated heterocycles. The lowest BCUT2D eigenvalue weighted by atomic mass is 10.1. The number of nitrogens with two attached hydrogens (primary N) is 1. The third kappa shape index (κ3) is 3.17. The molecular formula is C17H19NOS. The molecule has 0 heterocycles. The molecule has 2 rings (SSSR count). The SMILES string of the molecule is Cc1cc(C(N)=S)ccc1COc1cccc(C)c1C. The zero-order chi connectivity index (χ0) is 14.7. The maximum Gasteiger partial charge on any atom is 0.122 e. The van der Waals surface area contributed by atoms with Crippen LogP contribution in [0.15, 0.2) is 36.4 Å². The van der Waals surface area contributed by atoms with Gasteiger partial charge in [0.15, 0.2) is 0 Å². The van der Waals surface area contributed by atoms with Gasteiger partial charge >= 0.3 is 0 Å². The predicted molar refractivity (Wildman–Crippen MR) is 87.3 cm³/mol. The second kappa shape index (κ2) is 6.06. The van der Waals surface area contributed by atoms with Crippen LogP contribution < -0.4 is 10.5 Å². The van der Waals surface area contributed by atoms with Gasteiger partial charge in [0.05, 0.1) is 0 Å². The smallest absolute Gasteiger partial charge is 0.122 e. The Bertz CT molecular complexity index is 649. The van der Waals surface area contributed by atoms with E-state index in [1.54, 1.807) is 0 Å². The molecule has 0 unspecified atom stereocenters. The fourth-order valence-electron chi connectivity index (χ4n) is 2.05. The summed E-state index contributed by atoms with van der Waals surface area (Å²) >= 11 is 4.98. The van der Waals surface area contributed by atoms with Gasteiger partial charge in [0, 0.05) is 5.56 Å². The molecule has 0 radical (unpaired) electrons. The Morgan fingerprint density at radius 1 is 1.10 bits per heavy atom. The average Bonchev–Trinajstić information content (AvgIpc) is 2.41. The van der Waals surface area contributed by atoms with Gasteiger partial charge < -0.3 is 10.5 Å². The molecule has 2 aromatic carbocycles. The molecule has 20 heavy (non-hydrogen) atoms. The molecule has 0 atom stereocenters. The molecular weight excluding hydrogens is 266 g/mol. The van der Waals surface area contributed by atoms with Crippen molar-refractivity contribution in [2.75, 3.05) is 0 Å². The Labute approximate surface area is 125 Å². The maximum atomic E-state index is 5.92. The van der Waals surface area contributed by atoms with Crippen LogP contribution in [0.5, 0.6) is 5.75 Å². The van der Waals surface area contributed by atoms with Crippen molar-refractivity contribution in [1.29, 1.82) is 0 Å². The Morgan fingerprint density at radius 2 is 1.85 bits per heavy atom. The van der Waals surface area contributed by atoms with Crippen LogP contribution in [0.4, 0.5) is 0 Å². The van der Waals surface area contributed by atoms with Gasteiger partial charge in [-0.1, -0.05) is 36.5 Å². The van der Waals surface area contributed by atoms with Crippen molar-refractivity contribution in [3.63, 3.8) is 0 Å². The zero-order valence-electron chi connectivity index (χ0n) is 12.1. The molecule has 0 aliphatic heterocycles. The van der Waals surface area contributed by atoms with E-state index in [-0.39, 0.29) is 0 Å². The third-order valence-corrected chi connectivity index (χ3v) is 3.80. The molecule has 0 aromatic heterocycles. The highest BCUT2D eigenvalue weighted by atomic mass is 32.1. The topological polar surface area (TPSA) is 35.2 Å². The summed E-state index contributed by atoms with van der Waals surface area (Å²) in [4.78, 5) is 0.426. The van der Waals surface area contributed by atoms with Crippen molar-refractivity contribution >= 4 is 17.2 Å². The summed E-state index contributed by atoms with van der Waals surface area (Å²) in [5, 5.41) is 0. The van der Waals surface area contributed by atoms with Crippen LogP contribution in [-0.4, -0.2) is 4.99 Å². The van der Waals surface area contributed by atoms with Crippen molar-refractivity contribution in [2.45, 2.75) is 27.4 Å². The summed E-state index contributed by atoms with van der Waals surface area (Å²) in [7, 11) is 0. The van der Waals surface area contributed by atoms with Crippen molar-refractivity contribution in [3.8, 4) is 5.75 Å². The lowest BCUT2D eigenvalue weighted by Crippen LogP contribution is -2.10. The number of hydrogen-bond acceptors (Lipinski definition) is 2. The van der Waals surface area contributed by atoms with Gasteiger partial charge in [-0.3, -0.25) is 0 Å². The molecule has 0 amide bonds. The number of rotatable bonds is 4. The maximum absolute atomic E-state index is 5.92. The quantitative estimate of drug-likeness (QED) is 0.867. The minimum absolute atomic E-state index is 0.426. The van der Waals surface area contributed by atoms with E-state index in [4.69, 9.17) is 22.7 Å². The molecule has 0 fully saturated rings. The van der Waals surface area contributed by atoms with Crippen LogP contribution in [0.3, 0.4) is 0 Å². The van der Waals surface area contributed by atoms with Gasteiger partial charge in [-0.2, -0.15) is 0 Å². The van der Waals surface area contributed by atoms with Crippen LogP contribution >= 0.6 is 12.2 Å². The van der Waals surface area contributed by atoms with Crippen LogP contribution in [0, 0.1) is 20.8 Å². The Hall–Kier alpha value is -1.87. The largest absolute Gasteiger partial charge is 0.489 e. The molecule has 104 valence electrons. The Balaban J connectivity index is 2.15. The molecule has 0 bridgehead atoms. The molecule has 2 aromatic rings. The highest BCUT2D eigenvalue weighted by Gasteiger charge is 2.05. The van der Waals surface area contributed by atoms with E-state index < -0.39 is 0 Å². The van der Waals surface area contributed by atoms with E-state index >= 15 is 0 Å². The average molecular weight is 285 g/mol. The molecule has 2 nitrogen and oxygen atoms in total. The number of hydrogen-bond donors (Lipinski definition) is 1. The predicted octanol–water partition coefficient (Wildman–Crippen LogP) is 3.83. The van der Waals surface area contributed by atoms with Crippen LogP contribution in [0.1, 0.15) is 27.8 Å². The number of thiocarbonyl (C=S) groups is 1. The van der Waals surface area contributed by atoms with E-state index in [1.807, 2.05) is 37.3 Å². The number of benzene rings is 2. The van der Waals surface area contributed by atoms with Gasteiger partial charge in [-0.25, -0.2) is 0 Å². The minimum atomic E-state index is 0.426. The van der Waals surface area contributed by atoms with E-state index in [2.05, 4.69) is 19.9 Å². The highest BCUT2D eigenvalue weighted by molar-refractivity contribution is 7.80. The summed E-state index contributed by atoms with van der Waals surface area (Å²) < 4.78 is 5.92. The summed E-state index contributed by atoms with van der Waals surface area (Å²) in [6.07, 6.45) is 0. The lowest BCUT2D eigenvalue weighted by Gasteiger charge is -2.13. The van der Waals surface area contributed by atoms with E-state index in [0.717, 1.165) is 22.4 Å². The summed E-state index contributed by atoms with van der Waals surface area (Å²) in [5.74, 6) is 0.933. The summed E-state index contributed by atoms with van der Waals surface area (Å²) in [5.41, 5.74) is 11.2. The summed E-state index contributed by atoms with van der Waals surface area (Å²) in [6, 6.07) is 12.1. The molecule has 0 saturated carbocycles. The molecule has 0 aliphatic rings. The van der Waals surface area contributed by atoms with Gasteiger partial charge in [0.25, 0.3) is 0 Å². The fraction of sp³-hybridized carbons (Fsp3) is 0.235. The number of aryl methyl sites for hydroxylation is 2. The lowest BCUT2D eigenvalue weighted by molar-refractivity contribution is 0.303. The first-order valence-corrected chi connectivity index (χ1v) is 6.98. The number of ether oxygens (including phenoxy) is 1. The molecule has 2 N–H and O–H groups in total. The first-order valence-electron chi connectivity index (χ1n) is 6.57. The molecule has 0 spiro atoms. The molecule has 3 heteroatoms. The first-order chi connectivity index (χ1) is 9.49. The van der Waals surface area contributed by atoms with Crippen molar-refractivity contribution < 1.29 is 4.74 Å². The standard InChI is InChI=1S/C17H19NOS/c1-11-5-4-6-16(13(11)3)19-10-15-8-7-14(17(18)20)9-12(15)2/h4-9H,10H2,1-3H3,(H2,18,20). The van der Waals surface area contributed by atoms with Gasteiger partial charge in [-0.05, 0) is 55.2 Å². The first kappa shape index (κ1) is 14.5. The van der Waals surface area contributed by atoms with E-state index in [1.165, 1.54) is 11.1 Å². The monoisotopic (exact) mass is 285 g/mol. The Morgan fingerprint density at radius 3 is 2.50 bits per heavy atom. The van der Waals surface area contributed by atoms with Crippen molar-refractivity contribution in [2.24, 2.45) is 5.73 Å². The second-order valence-electron chi connectivity index (χ2n) is 4.99. The third-order valence-electron chi connectivity index (χ3n) is 3.57. The Kier molecular flexibility index (Phi) is 4.40. The normalized spacial score (nSPS) is 10.3. The minimum Gasteiger partial charge on any atom is -0.489 e. The summed E-state index contributed by atoms with van der Waals surface area (Å²) in [6.45, 7) is 6.76. The van der Waals surface area contributed by atoms with Crippen LogP contribution in [0.2, 0.25) is 0 Å². The zero-order valence-corrected chi connectivity index (χ0v) is 12.9. The van der Waals surface area contributed by atoms with Gasteiger partial charge in [-0.15, -0.1) is 0 Å². The van der Waals surface area contributed by atoms with E-state index in [9.17, 15) is 0 Å². The van der Waals surface area contributed by atoms with Gasteiger partial charge in [0.2, 0.25) is 0 Å². The second-order valence-corrected chi connectivity index (χ2v) is 5.43. The van der Waals surface area contributed by atoms with Crippen LogP contribution in [0.25, 0.3) is 0 Å². The van der Waals surface area contributed by atoms with Gasteiger partial charge in [0.1, 0.15) is 17.3 Å². The fourth-order valence-corrected chi connectivity index (χ4v) is 2.17. The van der Waals surface area contributed by atoms with Crippen molar-refractivity contribution in [1.82, 2.24) is 0 Å². The van der Waals surface area contributed by atoms with E-state index in [0.29, 0.717) is 11.6 Å². The van der Waals surface area contributed by atoms with Crippen molar-refractivity contribution in [3.05, 3.63) is 64.2 Å².